The molecule has 0 spiro atoms. The van der Waals surface area contributed by atoms with Crippen LogP contribution in [-0.2, 0) is 40.7 Å². The van der Waals surface area contributed by atoms with E-state index in [-0.39, 0.29) is 110 Å². The molecule has 0 aliphatic carbocycles. The van der Waals surface area contributed by atoms with Crippen molar-refractivity contribution in [2.45, 2.75) is 159 Å². The van der Waals surface area contributed by atoms with E-state index >= 15 is 0 Å². The summed E-state index contributed by atoms with van der Waals surface area (Å²) >= 11 is 0. The Bertz CT molecular complexity index is 4710. The van der Waals surface area contributed by atoms with Gasteiger partial charge < -0.3 is 64.4 Å². The number of nitrogens with one attached hydrogen (secondary N) is 4. The monoisotopic (exact) mass is 1320 g/mol. The predicted molar refractivity (Wildman–Crippen MR) is 348 cm³/mol. The summed E-state index contributed by atoms with van der Waals surface area (Å²) in [6, 6.07) is 15.3. The summed E-state index contributed by atoms with van der Waals surface area (Å²) in [7, 11) is -5.17. The first kappa shape index (κ1) is 74.2. The van der Waals surface area contributed by atoms with Crippen LogP contribution in [0.25, 0.3) is 88.7 Å². The third-order valence-electron chi connectivity index (χ3n) is 17.7. The zero-order valence-corrected chi connectivity index (χ0v) is 60.0. The Hall–Kier alpha value is -7.17. The minimum Gasteiger partial charge on any atom is -0.759 e. The van der Waals surface area contributed by atoms with Gasteiger partial charge in [-0.05, 0) is 224 Å². The fourth-order valence-corrected chi connectivity index (χ4v) is 13.0. The van der Waals surface area contributed by atoms with Crippen molar-refractivity contribution in [1.29, 1.82) is 0 Å². The van der Waals surface area contributed by atoms with Crippen LogP contribution in [0, 0.1) is 27.7 Å². The molecule has 10 rings (SSSR count). The minimum atomic E-state index is -5.17. The molecule has 0 saturated carbocycles. The van der Waals surface area contributed by atoms with Gasteiger partial charge in [-0.15, -0.1) is 0 Å². The van der Waals surface area contributed by atoms with E-state index in [1.807, 2.05) is 118 Å². The third-order valence-corrected chi connectivity index (χ3v) is 17.7. The van der Waals surface area contributed by atoms with Crippen molar-refractivity contribution in [2.75, 3.05) is 0 Å². The fraction of sp³-hybridized carbons (Fsp3) is 0.353. The smallest absolute Gasteiger partial charge is 0.759 e. The van der Waals surface area contributed by atoms with Gasteiger partial charge in [-0.1, -0.05) is 0 Å². The molecule has 0 amide bonds. The number of carboxylic acids is 4. The topological polar surface area (TPSA) is 394 Å². The van der Waals surface area contributed by atoms with E-state index in [0.717, 1.165) is 83.5 Å². The molecule has 4 atom stereocenters. The van der Waals surface area contributed by atoms with Gasteiger partial charge in [-0.2, -0.15) is 0 Å². The summed E-state index contributed by atoms with van der Waals surface area (Å²) in [5, 5.41) is 62.2. The minimum absolute atomic E-state index is 0. The molecule has 94 heavy (non-hydrogen) atoms. The number of carboxylic acid groups (broad SMARTS) is 4. The van der Waals surface area contributed by atoms with Crippen molar-refractivity contribution < 1.29 is 131 Å². The van der Waals surface area contributed by atoms with Gasteiger partial charge in [0.05, 0.1) is 70.0 Å². The molecule has 484 valence electrons. The van der Waals surface area contributed by atoms with E-state index in [2.05, 4.69) is 19.9 Å². The van der Waals surface area contributed by atoms with Crippen LogP contribution in [0.3, 0.4) is 0 Å². The SMILES string of the molecule is CC1=C(CCC(=O)O)c2cc3nc(cc4[nH]c(cc5[nH]c(cc1n2)c(C)c5C(C)OC(C)c1c(C)c2cc5nc(cc6nc(cc7[nH]c(cc1[nH]2)c(C)c7CCC(=O)O)C(CCC(=O)O)=C6C)C(C)=C5C(C)O)c(C)c4C(C)O)C(C)=C3CCC(=O)O.O=S(=O)([O-])[O-].[Na+].[Na+]. The average molecular weight is 1320 g/mol. The molecule has 4 unspecified atom stereocenters. The van der Waals surface area contributed by atoms with Crippen molar-refractivity contribution in [1.82, 2.24) is 39.9 Å². The van der Waals surface area contributed by atoms with Crippen LogP contribution in [-0.4, -0.2) is 118 Å². The van der Waals surface area contributed by atoms with Gasteiger partial charge in [0.15, 0.2) is 0 Å². The van der Waals surface area contributed by atoms with Crippen molar-refractivity contribution >= 4 is 123 Å². The van der Waals surface area contributed by atoms with Gasteiger partial charge in [-0.25, -0.2) is 19.9 Å². The Labute approximate surface area is 586 Å². The first-order valence-electron chi connectivity index (χ1n) is 30.1. The first-order chi connectivity index (χ1) is 43.2. The Morgan fingerprint density at radius 2 is 0.713 bits per heavy atom. The maximum absolute atomic E-state index is 12.2. The van der Waals surface area contributed by atoms with Crippen LogP contribution in [0.5, 0.6) is 0 Å². The summed E-state index contributed by atoms with van der Waals surface area (Å²) in [4.78, 5) is 83.1. The van der Waals surface area contributed by atoms with E-state index in [9.17, 15) is 49.8 Å². The molecule has 26 heteroatoms. The van der Waals surface area contributed by atoms with Gasteiger partial charge in [0, 0.05) is 102 Å². The van der Waals surface area contributed by atoms with Gasteiger partial charge in [-0.3, -0.25) is 27.6 Å². The van der Waals surface area contributed by atoms with Crippen LogP contribution in [0.15, 0.2) is 48.5 Å². The maximum atomic E-state index is 12.2. The van der Waals surface area contributed by atoms with Crippen molar-refractivity contribution in [2.24, 2.45) is 0 Å². The van der Waals surface area contributed by atoms with E-state index in [1.165, 1.54) is 0 Å². The number of fused-ring (bicyclic) bond motifs is 16. The number of ether oxygens (including phenoxy) is 1. The number of aliphatic hydroxyl groups excluding tert-OH is 2. The zero-order chi connectivity index (χ0) is 67.3. The van der Waals surface area contributed by atoms with Crippen LogP contribution in [0.2, 0.25) is 0 Å². The molecular formula is C68H74N8Na2O15S. The van der Waals surface area contributed by atoms with Crippen LogP contribution < -0.4 is 59.1 Å². The second kappa shape index (κ2) is 29.9. The number of allylic oxidation sites excluding steroid dienone is 7. The molecule has 16 bridgehead atoms. The number of aromatic amines is 4. The molecule has 0 fully saturated rings. The first-order valence-corrected chi connectivity index (χ1v) is 31.4. The number of hydrogen-bond donors (Lipinski definition) is 10. The zero-order valence-electron chi connectivity index (χ0n) is 55.1. The molecule has 23 nitrogen and oxygen atoms in total. The average Bonchev–Trinajstić information content (AvgIpc) is 1.62. The second-order valence-electron chi connectivity index (χ2n) is 23.8. The molecule has 0 radical (unpaired) electrons. The van der Waals surface area contributed by atoms with Crippen molar-refractivity contribution in [3.05, 3.63) is 139 Å². The number of aliphatic hydroxyl groups is 2. The number of hydrogen-bond acceptors (Lipinski definition) is 15. The molecule has 10 heterocycles. The van der Waals surface area contributed by atoms with Crippen LogP contribution in [0.1, 0.15) is 209 Å². The Morgan fingerprint density at radius 1 is 0.415 bits per heavy atom. The molecule has 6 aromatic rings. The van der Waals surface area contributed by atoms with E-state index in [0.29, 0.717) is 95.3 Å². The summed E-state index contributed by atoms with van der Waals surface area (Å²) in [5.74, 6) is -3.82. The molecule has 4 aliphatic heterocycles. The fourth-order valence-electron chi connectivity index (χ4n) is 13.0. The number of H-pyrrole nitrogens is 4. The standard InChI is InChI=1S/C68H74N8O11.2Na.H2O4S/c1-29-41(13-17-61(79)80)53-28-56-44(16-20-64(85)86)32(4)48(72-56)24-59-68(36(8)52(76-59)25-58-65(37(9)77)33(5)49(73-58)21-45(29)69-53)40(12)87-39(11)67-35(7)50-22-46-30(2)42(14-18-62(81)82)54(70-46)27-55-43(15-19-63(83)84)31(3)47(71-55)23-57-66(38(10)78)34(6)51(74-57)26-60(67)75-50;;;1-5(2,3)4/h21-28,37-40,72,74-78H,13-20H2,1-12H3,(H,79,80)(H,81,82)(H,83,84)(H,85,86);;;(H2,1,2,3,4)/q;2*+1;/p-2. The number of aromatic nitrogens is 8. The molecule has 6 aromatic heterocycles. The third kappa shape index (κ3) is 16.0. The van der Waals surface area contributed by atoms with Crippen molar-refractivity contribution in [3.8, 4) is 0 Å². The molecule has 10 N–H and O–H groups in total. The Morgan fingerprint density at radius 3 is 1.13 bits per heavy atom. The second-order valence-corrected chi connectivity index (χ2v) is 24.6. The molecule has 0 aromatic carbocycles. The maximum Gasteiger partial charge on any atom is 1.00 e. The summed E-state index contributed by atoms with van der Waals surface area (Å²) in [6.07, 6.45) is -2.72. The largest absolute Gasteiger partial charge is 1.00 e. The van der Waals surface area contributed by atoms with E-state index in [1.54, 1.807) is 13.8 Å². The molecule has 0 saturated heterocycles. The van der Waals surface area contributed by atoms with Crippen LogP contribution in [0.4, 0.5) is 0 Å². The van der Waals surface area contributed by atoms with Crippen LogP contribution >= 0.6 is 0 Å². The van der Waals surface area contributed by atoms with Gasteiger partial charge >= 0.3 is 83.0 Å². The van der Waals surface area contributed by atoms with Crippen molar-refractivity contribution in [3.63, 3.8) is 0 Å². The normalized spacial score (nSPS) is 14.5. The Balaban J connectivity index is 0.00000172. The van der Waals surface area contributed by atoms with Gasteiger partial charge in [0.1, 0.15) is 0 Å². The molecular weight excluding hydrogens is 1250 g/mol. The number of aliphatic carboxylic acids is 4. The Kier molecular flexibility index (Phi) is 23.6. The van der Waals surface area contributed by atoms with E-state index < -0.39 is 58.7 Å². The number of rotatable bonds is 18. The number of nitrogens with zero attached hydrogens (tertiary/aromatic N) is 4. The summed E-state index contributed by atoms with van der Waals surface area (Å²) < 4.78 is 41.4. The quantitative estimate of drug-likeness (QED) is 0.0251. The summed E-state index contributed by atoms with van der Waals surface area (Å²) in [5.41, 5.74) is 22.5. The summed E-state index contributed by atoms with van der Waals surface area (Å²) in [6.45, 7) is 23.0. The van der Waals surface area contributed by atoms with Gasteiger partial charge in [0.25, 0.3) is 0 Å². The number of aryl methyl sites for hydroxylation is 5. The number of carbonyl (C=O) groups is 4. The predicted octanol–water partition coefficient (Wildman–Crippen LogP) is 6.45. The van der Waals surface area contributed by atoms with Gasteiger partial charge in [0.2, 0.25) is 0 Å². The van der Waals surface area contributed by atoms with E-state index in [4.69, 9.17) is 42.2 Å². The molecule has 4 aliphatic rings.